The van der Waals surface area contributed by atoms with Crippen molar-refractivity contribution in [3.05, 3.63) is 65.6 Å². The Kier molecular flexibility index (Phi) is 8.34. The third kappa shape index (κ3) is 6.37. The number of carbonyl (C=O) groups is 1. The summed E-state index contributed by atoms with van der Waals surface area (Å²) in [7, 11) is -2.10. The van der Waals surface area contributed by atoms with Crippen LogP contribution in [-0.2, 0) is 29.5 Å². The fourth-order valence-corrected chi connectivity index (χ4v) is 3.98. The van der Waals surface area contributed by atoms with Gasteiger partial charge < -0.3 is 14.8 Å². The summed E-state index contributed by atoms with van der Waals surface area (Å²) in [6.45, 7) is 4.76. The first-order chi connectivity index (χ1) is 14.7. The highest BCUT2D eigenvalue weighted by atomic mass is 32.2. The standard InChI is InChI=1S/C23H28N2O5S/c1-22(2,19-8-10-20(11-9-19)31(27,28)17-7-14-24)21(26)25-23(12-5-4-6-13-23)18-30-16-15-29-3/h4-12,17H,13,15-16,18H2,1-3H3,(H,25,26)/b17-7+. The summed E-state index contributed by atoms with van der Waals surface area (Å²) >= 11 is 0. The van der Waals surface area contributed by atoms with Crippen molar-refractivity contribution < 1.29 is 22.7 Å². The van der Waals surface area contributed by atoms with Crippen LogP contribution in [0.25, 0.3) is 0 Å². The van der Waals surface area contributed by atoms with Crippen LogP contribution in [0.3, 0.4) is 0 Å². The van der Waals surface area contributed by atoms with E-state index in [0.717, 1.165) is 11.5 Å². The monoisotopic (exact) mass is 444 g/mol. The Balaban J connectivity index is 2.19. The van der Waals surface area contributed by atoms with Crippen molar-refractivity contribution in [3.8, 4) is 6.07 Å². The molecule has 2 rings (SSSR count). The van der Waals surface area contributed by atoms with Gasteiger partial charge in [0, 0.05) is 18.6 Å². The number of hydrogen-bond donors (Lipinski definition) is 1. The largest absolute Gasteiger partial charge is 0.382 e. The molecule has 0 spiro atoms. The van der Waals surface area contributed by atoms with Crippen LogP contribution in [0.1, 0.15) is 25.8 Å². The van der Waals surface area contributed by atoms with Gasteiger partial charge in [0.05, 0.1) is 41.7 Å². The fourth-order valence-electron chi connectivity index (χ4n) is 3.07. The predicted molar refractivity (Wildman–Crippen MR) is 118 cm³/mol. The highest BCUT2D eigenvalue weighted by Crippen LogP contribution is 2.28. The van der Waals surface area contributed by atoms with Crippen LogP contribution in [0, 0.1) is 11.3 Å². The van der Waals surface area contributed by atoms with Crippen LogP contribution in [0.4, 0.5) is 0 Å². The molecule has 1 atom stereocenters. The molecule has 0 aromatic heterocycles. The Bertz CT molecular complexity index is 1000. The number of methoxy groups -OCH3 is 1. The first kappa shape index (κ1) is 24.5. The number of allylic oxidation sites excluding steroid dienone is 3. The number of nitrogens with zero attached hydrogens (tertiary/aromatic N) is 1. The van der Waals surface area contributed by atoms with E-state index in [4.69, 9.17) is 14.7 Å². The zero-order chi connectivity index (χ0) is 23.0. The van der Waals surface area contributed by atoms with E-state index < -0.39 is 20.8 Å². The van der Waals surface area contributed by atoms with Gasteiger partial charge in [0.15, 0.2) is 0 Å². The average molecular weight is 445 g/mol. The molecule has 0 aliphatic heterocycles. The van der Waals surface area contributed by atoms with E-state index in [2.05, 4.69) is 5.32 Å². The number of nitrogens with one attached hydrogen (secondary N) is 1. The first-order valence-corrected chi connectivity index (χ1v) is 11.4. The number of sulfone groups is 1. The number of hydrogen-bond acceptors (Lipinski definition) is 6. The molecule has 1 aliphatic carbocycles. The number of amides is 1. The summed E-state index contributed by atoms with van der Waals surface area (Å²) in [5, 5.41) is 12.5. The van der Waals surface area contributed by atoms with Crippen LogP contribution in [0.15, 0.2) is 64.9 Å². The molecular formula is C23H28N2O5S. The molecule has 0 saturated carbocycles. The molecule has 1 aliphatic rings. The van der Waals surface area contributed by atoms with Crippen molar-refractivity contribution in [1.82, 2.24) is 5.32 Å². The summed E-state index contributed by atoms with van der Waals surface area (Å²) in [5.41, 5.74) is -0.916. The van der Waals surface area contributed by atoms with E-state index in [0.29, 0.717) is 31.8 Å². The topological polar surface area (TPSA) is 105 Å². The summed E-state index contributed by atoms with van der Waals surface area (Å²) in [6, 6.07) is 7.78. The van der Waals surface area contributed by atoms with Gasteiger partial charge in [-0.15, -0.1) is 0 Å². The minimum absolute atomic E-state index is 0.0577. The van der Waals surface area contributed by atoms with E-state index in [1.807, 2.05) is 24.3 Å². The first-order valence-electron chi connectivity index (χ1n) is 9.82. The van der Waals surface area contributed by atoms with Crippen molar-refractivity contribution in [2.75, 3.05) is 26.9 Å². The fraction of sp³-hybridized carbons (Fsp3) is 0.391. The summed E-state index contributed by atoms with van der Waals surface area (Å²) in [5.74, 6) is -0.206. The zero-order valence-corrected chi connectivity index (χ0v) is 18.8. The van der Waals surface area contributed by atoms with Crippen LogP contribution >= 0.6 is 0 Å². The van der Waals surface area contributed by atoms with Gasteiger partial charge in [-0.05, 0) is 38.0 Å². The molecule has 1 amide bonds. The van der Waals surface area contributed by atoms with Gasteiger partial charge in [-0.2, -0.15) is 5.26 Å². The van der Waals surface area contributed by atoms with Crippen LogP contribution in [0.2, 0.25) is 0 Å². The van der Waals surface area contributed by atoms with E-state index in [1.165, 1.54) is 12.1 Å². The second-order valence-corrected chi connectivity index (χ2v) is 9.61. The molecule has 166 valence electrons. The van der Waals surface area contributed by atoms with Crippen molar-refractivity contribution >= 4 is 15.7 Å². The second-order valence-electron chi connectivity index (χ2n) is 7.77. The molecule has 0 heterocycles. The number of benzene rings is 1. The summed E-state index contributed by atoms with van der Waals surface area (Å²) in [6.07, 6.45) is 9.21. The van der Waals surface area contributed by atoms with Gasteiger partial charge in [-0.1, -0.05) is 36.4 Å². The Morgan fingerprint density at radius 2 is 1.97 bits per heavy atom. The maximum absolute atomic E-state index is 13.2. The van der Waals surface area contributed by atoms with E-state index in [9.17, 15) is 13.2 Å². The Hall–Kier alpha value is -2.73. The molecule has 1 aromatic carbocycles. The molecule has 0 radical (unpaired) electrons. The molecular weight excluding hydrogens is 416 g/mol. The molecule has 0 saturated heterocycles. The number of carbonyl (C=O) groups excluding carboxylic acids is 1. The minimum atomic E-state index is -3.70. The molecule has 8 heteroatoms. The zero-order valence-electron chi connectivity index (χ0n) is 18.0. The van der Waals surface area contributed by atoms with Gasteiger partial charge in [0.2, 0.25) is 15.7 Å². The smallest absolute Gasteiger partial charge is 0.230 e. The van der Waals surface area contributed by atoms with Gasteiger partial charge >= 0.3 is 0 Å². The Morgan fingerprint density at radius 3 is 2.55 bits per heavy atom. The van der Waals surface area contributed by atoms with Crippen molar-refractivity contribution in [2.24, 2.45) is 0 Å². The molecule has 31 heavy (non-hydrogen) atoms. The van der Waals surface area contributed by atoms with Crippen molar-refractivity contribution in [2.45, 2.75) is 36.1 Å². The maximum atomic E-state index is 13.2. The lowest BCUT2D eigenvalue weighted by Gasteiger charge is -2.36. The Labute approximate surface area is 184 Å². The molecule has 1 N–H and O–H groups in total. The lowest BCUT2D eigenvalue weighted by Crippen LogP contribution is -2.55. The van der Waals surface area contributed by atoms with Gasteiger partial charge in [0.25, 0.3) is 0 Å². The van der Waals surface area contributed by atoms with Crippen LogP contribution in [-0.4, -0.2) is 46.8 Å². The third-order valence-electron chi connectivity index (χ3n) is 5.09. The van der Waals surface area contributed by atoms with Gasteiger partial charge in [-0.25, -0.2) is 8.42 Å². The van der Waals surface area contributed by atoms with Crippen LogP contribution < -0.4 is 5.32 Å². The normalized spacial score (nSPS) is 18.8. The SMILES string of the molecule is COCCOCC1(NC(=O)C(C)(C)c2ccc(S(=O)(=O)/C=C/C#N)cc2)C=CC=CC1. The van der Waals surface area contributed by atoms with Crippen molar-refractivity contribution in [3.63, 3.8) is 0 Å². The lowest BCUT2D eigenvalue weighted by atomic mass is 9.82. The lowest BCUT2D eigenvalue weighted by molar-refractivity contribution is -0.128. The van der Waals surface area contributed by atoms with Crippen molar-refractivity contribution in [1.29, 1.82) is 5.26 Å². The third-order valence-corrected chi connectivity index (χ3v) is 6.52. The molecule has 1 aromatic rings. The summed E-state index contributed by atoms with van der Waals surface area (Å²) < 4.78 is 35.1. The van der Waals surface area contributed by atoms with Crippen LogP contribution in [0.5, 0.6) is 0 Å². The molecule has 7 nitrogen and oxygen atoms in total. The quantitative estimate of drug-likeness (QED) is 0.439. The van der Waals surface area contributed by atoms with E-state index in [1.54, 1.807) is 39.2 Å². The number of rotatable bonds is 10. The molecule has 0 fully saturated rings. The highest BCUT2D eigenvalue weighted by molar-refractivity contribution is 7.94. The number of nitriles is 1. The average Bonchev–Trinajstić information content (AvgIpc) is 2.76. The van der Waals surface area contributed by atoms with E-state index >= 15 is 0 Å². The van der Waals surface area contributed by atoms with Gasteiger partial charge in [-0.3, -0.25) is 4.79 Å². The Morgan fingerprint density at radius 1 is 1.26 bits per heavy atom. The van der Waals surface area contributed by atoms with Gasteiger partial charge in [0.1, 0.15) is 0 Å². The molecule has 1 unspecified atom stereocenters. The predicted octanol–water partition coefficient (Wildman–Crippen LogP) is 2.81. The number of ether oxygens (including phenoxy) is 2. The second kappa shape index (κ2) is 10.5. The highest BCUT2D eigenvalue weighted by Gasteiger charge is 2.37. The summed E-state index contributed by atoms with van der Waals surface area (Å²) in [4.78, 5) is 13.3. The van der Waals surface area contributed by atoms with E-state index in [-0.39, 0.29) is 10.8 Å². The maximum Gasteiger partial charge on any atom is 0.230 e. The minimum Gasteiger partial charge on any atom is -0.382 e. The molecule has 0 bridgehead atoms.